The number of amides is 1. The van der Waals surface area contributed by atoms with E-state index >= 15 is 0 Å². The van der Waals surface area contributed by atoms with E-state index in [1.165, 1.54) is 12.8 Å². The first-order valence-corrected chi connectivity index (χ1v) is 8.43. The molecule has 0 spiro atoms. The first-order chi connectivity index (χ1) is 10.8. The fourth-order valence-corrected chi connectivity index (χ4v) is 4.92. The number of ether oxygens (including phenoxy) is 1. The van der Waals surface area contributed by atoms with Crippen molar-refractivity contribution in [3.8, 4) is 5.75 Å². The number of hydrogen-bond acceptors (Lipinski definition) is 3. The maximum absolute atomic E-state index is 12.8. The molecule has 0 radical (unpaired) electrons. The average Bonchev–Trinajstić information content (AvgIpc) is 3.24. The van der Waals surface area contributed by atoms with Gasteiger partial charge in [-0.15, -0.1) is 0 Å². The third-order valence-corrected chi connectivity index (χ3v) is 5.86. The highest BCUT2D eigenvalue weighted by Gasteiger charge is 2.55. The maximum Gasteiger partial charge on any atom is 0.223 e. The number of nitrogens with one attached hydrogen (secondary N) is 1. The standard InChI is InChI=1S/C18H24N2O2/c1-22-17-5-3-2-4-12(17)6-9-18(21)20-15-7-8-16(20)14-11-19-10-13(14)15/h2-5,13-16,19H,6-11H2,1H3/t13-,14+,15-,16+. The highest BCUT2D eigenvalue weighted by Crippen LogP contribution is 2.47. The van der Waals surface area contributed by atoms with Gasteiger partial charge >= 0.3 is 0 Å². The Balaban J connectivity index is 1.43. The number of fused-ring (bicyclic) bond motifs is 5. The maximum atomic E-state index is 12.8. The van der Waals surface area contributed by atoms with Crippen LogP contribution in [0, 0.1) is 11.8 Å². The third kappa shape index (κ3) is 2.12. The molecule has 0 unspecified atom stereocenters. The second-order valence-electron chi connectivity index (χ2n) is 6.81. The molecule has 1 aromatic rings. The van der Waals surface area contributed by atoms with Gasteiger partial charge in [-0.2, -0.15) is 0 Å². The van der Waals surface area contributed by atoms with Crippen LogP contribution < -0.4 is 10.1 Å². The van der Waals surface area contributed by atoms with Gasteiger partial charge < -0.3 is 15.0 Å². The van der Waals surface area contributed by atoms with Gasteiger partial charge in [-0.1, -0.05) is 18.2 Å². The van der Waals surface area contributed by atoms with E-state index in [0.717, 1.165) is 30.8 Å². The van der Waals surface area contributed by atoms with Crippen molar-refractivity contribution in [1.29, 1.82) is 0 Å². The lowest BCUT2D eigenvalue weighted by Gasteiger charge is -2.25. The summed E-state index contributed by atoms with van der Waals surface area (Å²) >= 11 is 0. The Morgan fingerprint density at radius 2 is 1.91 bits per heavy atom. The lowest BCUT2D eigenvalue weighted by Crippen LogP contribution is -2.39. The van der Waals surface area contributed by atoms with Crippen molar-refractivity contribution in [2.24, 2.45) is 11.8 Å². The van der Waals surface area contributed by atoms with Crippen molar-refractivity contribution in [3.63, 3.8) is 0 Å². The Bertz CT molecular complexity index is 556. The van der Waals surface area contributed by atoms with E-state index in [0.29, 0.717) is 36.2 Å². The smallest absolute Gasteiger partial charge is 0.223 e. The molecule has 4 atom stereocenters. The van der Waals surface area contributed by atoms with Gasteiger partial charge in [0, 0.05) is 31.6 Å². The molecule has 0 aromatic heterocycles. The summed E-state index contributed by atoms with van der Waals surface area (Å²) in [6.07, 6.45) is 3.77. The van der Waals surface area contributed by atoms with Crippen molar-refractivity contribution in [3.05, 3.63) is 29.8 Å². The lowest BCUT2D eigenvalue weighted by molar-refractivity contribution is -0.132. The number of benzene rings is 1. The zero-order valence-electron chi connectivity index (χ0n) is 13.1. The van der Waals surface area contributed by atoms with Crippen molar-refractivity contribution >= 4 is 5.91 Å². The van der Waals surface area contributed by atoms with Gasteiger partial charge in [-0.05, 0) is 42.7 Å². The molecule has 0 saturated carbocycles. The fraction of sp³-hybridized carbons (Fsp3) is 0.611. The Labute approximate surface area is 131 Å². The molecule has 3 heterocycles. The number of hydrogen-bond donors (Lipinski definition) is 1. The number of para-hydroxylation sites is 1. The van der Waals surface area contributed by atoms with E-state index in [1.54, 1.807) is 7.11 Å². The van der Waals surface area contributed by atoms with Gasteiger partial charge in [0.25, 0.3) is 0 Å². The minimum atomic E-state index is 0.341. The summed E-state index contributed by atoms with van der Waals surface area (Å²) < 4.78 is 5.39. The SMILES string of the molecule is COc1ccccc1CCC(=O)N1[C@@H]2CC[C@H]1[C@H]1CNC[C@H]12. The lowest BCUT2D eigenvalue weighted by atomic mass is 9.82. The summed E-state index contributed by atoms with van der Waals surface area (Å²) in [5.74, 6) is 2.64. The summed E-state index contributed by atoms with van der Waals surface area (Å²) in [7, 11) is 1.69. The predicted octanol–water partition coefficient (Wildman–Crippen LogP) is 1.84. The second kappa shape index (κ2) is 5.58. The number of carbonyl (C=O) groups excluding carboxylic acids is 1. The van der Waals surface area contributed by atoms with E-state index in [2.05, 4.69) is 16.3 Å². The van der Waals surface area contributed by atoms with Crippen LogP contribution in [-0.2, 0) is 11.2 Å². The largest absolute Gasteiger partial charge is 0.496 e. The predicted molar refractivity (Wildman–Crippen MR) is 84.8 cm³/mol. The molecule has 118 valence electrons. The number of methoxy groups -OCH3 is 1. The first-order valence-electron chi connectivity index (χ1n) is 8.43. The number of carbonyl (C=O) groups is 1. The third-order valence-electron chi connectivity index (χ3n) is 5.86. The highest BCUT2D eigenvalue weighted by atomic mass is 16.5. The summed E-state index contributed by atoms with van der Waals surface area (Å²) in [5, 5.41) is 3.50. The summed E-state index contributed by atoms with van der Waals surface area (Å²) in [4.78, 5) is 15.0. The quantitative estimate of drug-likeness (QED) is 0.922. The highest BCUT2D eigenvalue weighted by molar-refractivity contribution is 5.78. The van der Waals surface area contributed by atoms with E-state index in [-0.39, 0.29) is 0 Å². The molecule has 3 aliphatic rings. The van der Waals surface area contributed by atoms with Crippen LogP contribution in [0.2, 0.25) is 0 Å². The number of rotatable bonds is 4. The average molecular weight is 300 g/mol. The van der Waals surface area contributed by atoms with E-state index < -0.39 is 0 Å². The second-order valence-corrected chi connectivity index (χ2v) is 6.81. The number of aryl methyl sites for hydroxylation is 1. The van der Waals surface area contributed by atoms with Gasteiger partial charge in [0.1, 0.15) is 5.75 Å². The van der Waals surface area contributed by atoms with E-state index in [1.807, 2.05) is 18.2 Å². The molecule has 0 aliphatic carbocycles. The van der Waals surface area contributed by atoms with E-state index in [9.17, 15) is 4.79 Å². The van der Waals surface area contributed by atoms with Crippen molar-refractivity contribution in [2.45, 2.75) is 37.8 Å². The van der Waals surface area contributed by atoms with Gasteiger partial charge in [0.2, 0.25) is 5.91 Å². The molecule has 3 fully saturated rings. The van der Waals surface area contributed by atoms with Crippen LogP contribution in [0.25, 0.3) is 0 Å². The van der Waals surface area contributed by atoms with Crippen molar-refractivity contribution in [2.75, 3.05) is 20.2 Å². The Kier molecular flexibility index (Phi) is 3.57. The van der Waals surface area contributed by atoms with Crippen LogP contribution in [0.3, 0.4) is 0 Å². The molecule has 1 amide bonds. The normalized spacial score (nSPS) is 32.3. The molecule has 22 heavy (non-hydrogen) atoms. The molecular formula is C18H24N2O2. The zero-order valence-corrected chi connectivity index (χ0v) is 13.1. The molecule has 4 rings (SSSR count). The molecule has 3 saturated heterocycles. The van der Waals surface area contributed by atoms with Crippen LogP contribution in [0.1, 0.15) is 24.8 Å². The van der Waals surface area contributed by atoms with Crippen LogP contribution in [0.15, 0.2) is 24.3 Å². The van der Waals surface area contributed by atoms with Crippen LogP contribution in [0.5, 0.6) is 5.75 Å². The molecule has 4 heteroatoms. The Morgan fingerprint density at radius 1 is 1.23 bits per heavy atom. The van der Waals surface area contributed by atoms with Crippen molar-refractivity contribution < 1.29 is 9.53 Å². The number of nitrogens with zero attached hydrogens (tertiary/aromatic N) is 1. The molecule has 4 nitrogen and oxygen atoms in total. The van der Waals surface area contributed by atoms with Gasteiger partial charge in [0.05, 0.1) is 7.11 Å². The topological polar surface area (TPSA) is 41.6 Å². The Hall–Kier alpha value is -1.55. The van der Waals surface area contributed by atoms with E-state index in [4.69, 9.17) is 4.74 Å². The summed E-state index contributed by atoms with van der Waals surface area (Å²) in [6.45, 7) is 2.20. The summed E-state index contributed by atoms with van der Waals surface area (Å²) in [5.41, 5.74) is 1.13. The molecule has 3 aliphatic heterocycles. The van der Waals surface area contributed by atoms with Crippen LogP contribution >= 0.6 is 0 Å². The van der Waals surface area contributed by atoms with Gasteiger partial charge in [-0.25, -0.2) is 0 Å². The molecule has 1 N–H and O–H groups in total. The van der Waals surface area contributed by atoms with Crippen LogP contribution in [0.4, 0.5) is 0 Å². The molecule has 1 aromatic carbocycles. The van der Waals surface area contributed by atoms with Gasteiger partial charge in [-0.3, -0.25) is 4.79 Å². The zero-order chi connectivity index (χ0) is 15.1. The monoisotopic (exact) mass is 300 g/mol. The fourth-order valence-electron chi connectivity index (χ4n) is 4.92. The minimum absolute atomic E-state index is 0.341. The molecular weight excluding hydrogens is 276 g/mol. The Morgan fingerprint density at radius 3 is 2.59 bits per heavy atom. The summed E-state index contributed by atoms with van der Waals surface area (Å²) in [6, 6.07) is 9.00. The minimum Gasteiger partial charge on any atom is -0.496 e. The van der Waals surface area contributed by atoms with Crippen molar-refractivity contribution in [1.82, 2.24) is 10.2 Å². The molecule has 2 bridgehead atoms. The van der Waals surface area contributed by atoms with Crippen LogP contribution in [-0.4, -0.2) is 43.1 Å². The van der Waals surface area contributed by atoms with Gasteiger partial charge in [0.15, 0.2) is 0 Å². The first kappa shape index (κ1) is 14.1.